The van der Waals surface area contributed by atoms with Gasteiger partial charge in [-0.1, -0.05) is 184 Å². The van der Waals surface area contributed by atoms with Crippen LogP contribution in [0.15, 0.2) is 72.9 Å². The topological polar surface area (TPSA) is 61.8 Å². The van der Waals surface area contributed by atoms with Crippen LogP contribution in [-0.2, 0) is 23.8 Å². The first-order chi connectivity index (χ1) is 27.6. The van der Waals surface area contributed by atoms with Crippen molar-refractivity contribution < 1.29 is 23.8 Å². The minimum atomic E-state index is -0.559. The Balaban J connectivity index is 4.25. The summed E-state index contributed by atoms with van der Waals surface area (Å²) < 4.78 is 17.2. The summed E-state index contributed by atoms with van der Waals surface area (Å²) in [7, 11) is 0. The maximum atomic E-state index is 12.6. The predicted octanol–water partition coefficient (Wildman–Crippen LogP) is 15.6. The lowest BCUT2D eigenvalue weighted by molar-refractivity contribution is -0.163. The van der Waals surface area contributed by atoms with E-state index in [-0.39, 0.29) is 25.2 Å². The summed E-state index contributed by atoms with van der Waals surface area (Å²) in [5, 5.41) is 0. The van der Waals surface area contributed by atoms with Crippen molar-refractivity contribution in [1.29, 1.82) is 0 Å². The third kappa shape index (κ3) is 44.1. The summed E-state index contributed by atoms with van der Waals surface area (Å²) in [6, 6.07) is 0. The Morgan fingerprint density at radius 1 is 0.411 bits per heavy atom. The van der Waals surface area contributed by atoms with Crippen molar-refractivity contribution >= 4 is 11.9 Å². The van der Waals surface area contributed by atoms with Gasteiger partial charge in [0.05, 0.1) is 6.61 Å². The average molecular weight is 781 g/mol. The van der Waals surface area contributed by atoms with Gasteiger partial charge in [-0.3, -0.25) is 9.59 Å². The summed E-state index contributed by atoms with van der Waals surface area (Å²) >= 11 is 0. The van der Waals surface area contributed by atoms with E-state index in [9.17, 15) is 9.59 Å². The molecule has 0 fully saturated rings. The van der Waals surface area contributed by atoms with Crippen LogP contribution in [0.5, 0.6) is 0 Å². The molecule has 0 saturated carbocycles. The van der Waals surface area contributed by atoms with E-state index in [1.54, 1.807) is 0 Å². The first-order valence-corrected chi connectivity index (χ1v) is 23.5. The van der Waals surface area contributed by atoms with Gasteiger partial charge in [-0.15, -0.1) is 0 Å². The quantitative estimate of drug-likeness (QED) is 0.0351. The van der Waals surface area contributed by atoms with Gasteiger partial charge < -0.3 is 14.2 Å². The molecule has 0 aliphatic rings. The van der Waals surface area contributed by atoms with E-state index in [1.807, 2.05) is 0 Å². The van der Waals surface area contributed by atoms with E-state index in [0.717, 1.165) is 96.3 Å². The molecule has 0 spiro atoms. The van der Waals surface area contributed by atoms with E-state index >= 15 is 0 Å². The van der Waals surface area contributed by atoms with Gasteiger partial charge in [0, 0.05) is 19.4 Å². The van der Waals surface area contributed by atoms with E-state index in [1.165, 1.54) is 83.5 Å². The fraction of sp³-hybridized carbons (Fsp3) is 0.725. The molecule has 56 heavy (non-hydrogen) atoms. The van der Waals surface area contributed by atoms with Gasteiger partial charge in [0.1, 0.15) is 6.61 Å². The van der Waals surface area contributed by atoms with Gasteiger partial charge in [-0.05, 0) is 89.9 Å². The minimum Gasteiger partial charge on any atom is -0.462 e. The van der Waals surface area contributed by atoms with E-state index in [4.69, 9.17) is 14.2 Å². The highest BCUT2D eigenvalue weighted by Crippen LogP contribution is 2.12. The number of hydrogen-bond acceptors (Lipinski definition) is 5. The molecule has 0 amide bonds. The molecule has 5 heteroatoms. The number of esters is 2. The van der Waals surface area contributed by atoms with E-state index in [2.05, 4.69) is 93.7 Å². The SMILES string of the molecule is CC/C=C\C/C=C\C/C=C\C/C=C\C/C=C\CCCCOCC(COC(=O)CCCCCCC/C=C\CCCCCCCC)OC(=O)CCCCCCCCC. The van der Waals surface area contributed by atoms with Crippen LogP contribution in [0.4, 0.5) is 0 Å². The summed E-state index contributed by atoms with van der Waals surface area (Å²) in [4.78, 5) is 25.1. The monoisotopic (exact) mass is 781 g/mol. The molecule has 0 heterocycles. The number of carbonyl (C=O) groups is 2. The minimum absolute atomic E-state index is 0.0622. The molecule has 0 bridgehead atoms. The average Bonchev–Trinajstić information content (AvgIpc) is 3.20. The second kappa shape index (κ2) is 46.7. The molecule has 0 N–H and O–H groups in total. The van der Waals surface area contributed by atoms with E-state index < -0.39 is 6.10 Å². The lowest BCUT2D eigenvalue weighted by Crippen LogP contribution is -2.30. The van der Waals surface area contributed by atoms with Crippen LogP contribution in [0, 0.1) is 0 Å². The molecule has 322 valence electrons. The molecule has 0 rings (SSSR count). The number of rotatable bonds is 42. The third-order valence-corrected chi connectivity index (χ3v) is 9.73. The van der Waals surface area contributed by atoms with Gasteiger partial charge in [-0.2, -0.15) is 0 Å². The summed E-state index contributed by atoms with van der Waals surface area (Å²) in [5.41, 5.74) is 0. The van der Waals surface area contributed by atoms with Crippen molar-refractivity contribution in [3.05, 3.63) is 72.9 Å². The lowest BCUT2D eigenvalue weighted by Gasteiger charge is -2.18. The maximum absolute atomic E-state index is 12.6. The first-order valence-electron chi connectivity index (χ1n) is 23.5. The van der Waals surface area contributed by atoms with Crippen molar-refractivity contribution in [3.8, 4) is 0 Å². The summed E-state index contributed by atoms with van der Waals surface area (Å²) in [6.07, 6.45) is 59.2. The molecule has 0 aromatic rings. The molecule has 0 aliphatic carbocycles. The summed E-state index contributed by atoms with van der Waals surface area (Å²) in [6.45, 7) is 7.56. The highest BCUT2D eigenvalue weighted by Gasteiger charge is 2.17. The summed E-state index contributed by atoms with van der Waals surface area (Å²) in [5.74, 6) is -0.438. The van der Waals surface area contributed by atoms with E-state index in [0.29, 0.717) is 19.4 Å². The van der Waals surface area contributed by atoms with Crippen LogP contribution >= 0.6 is 0 Å². The molecule has 1 unspecified atom stereocenters. The standard InChI is InChI=1S/C51H88O5/c1-4-7-10-13-16-18-20-22-24-25-26-28-30-32-34-37-40-43-46-54-47-49(56-51(53)45-42-39-35-15-12-9-6-3)48-55-50(52)44-41-38-36-33-31-29-27-23-21-19-17-14-11-8-5-2/h7,10,16,18,22-24,26-28,32,34,49H,4-6,8-9,11-15,17,19-21,25,29-31,33,35-48H2,1-3H3/b10-7-,18-16-,24-22-,27-23-,28-26-,34-32-. The van der Waals surface area contributed by atoms with Crippen LogP contribution in [0.2, 0.25) is 0 Å². The molecular formula is C51H88O5. The fourth-order valence-corrected chi connectivity index (χ4v) is 6.24. The van der Waals surface area contributed by atoms with Crippen LogP contribution in [0.3, 0.4) is 0 Å². The van der Waals surface area contributed by atoms with Crippen LogP contribution in [0.1, 0.15) is 213 Å². The largest absolute Gasteiger partial charge is 0.462 e. The van der Waals surface area contributed by atoms with Crippen LogP contribution in [-0.4, -0.2) is 37.9 Å². The molecule has 5 nitrogen and oxygen atoms in total. The third-order valence-electron chi connectivity index (χ3n) is 9.73. The molecule has 1 atom stereocenters. The van der Waals surface area contributed by atoms with Gasteiger partial charge in [0.2, 0.25) is 0 Å². The fourth-order valence-electron chi connectivity index (χ4n) is 6.24. The van der Waals surface area contributed by atoms with Crippen LogP contribution in [0.25, 0.3) is 0 Å². The van der Waals surface area contributed by atoms with Crippen LogP contribution < -0.4 is 0 Å². The maximum Gasteiger partial charge on any atom is 0.306 e. The Bertz CT molecular complexity index is 1020. The van der Waals surface area contributed by atoms with Gasteiger partial charge in [-0.25, -0.2) is 0 Å². The van der Waals surface area contributed by atoms with Crippen molar-refractivity contribution in [2.24, 2.45) is 0 Å². The number of carbonyl (C=O) groups excluding carboxylic acids is 2. The zero-order chi connectivity index (χ0) is 40.7. The zero-order valence-corrected chi connectivity index (χ0v) is 36.9. The number of hydrogen-bond donors (Lipinski definition) is 0. The molecular weight excluding hydrogens is 693 g/mol. The lowest BCUT2D eigenvalue weighted by atomic mass is 10.1. The van der Waals surface area contributed by atoms with Gasteiger partial charge >= 0.3 is 11.9 Å². The first kappa shape index (κ1) is 53.3. The zero-order valence-electron chi connectivity index (χ0n) is 36.9. The van der Waals surface area contributed by atoms with Crippen molar-refractivity contribution in [1.82, 2.24) is 0 Å². The smallest absolute Gasteiger partial charge is 0.306 e. The number of ether oxygens (including phenoxy) is 3. The van der Waals surface area contributed by atoms with Crippen molar-refractivity contribution in [2.75, 3.05) is 19.8 Å². The Labute approximate surface area is 347 Å². The second-order valence-corrected chi connectivity index (χ2v) is 15.3. The molecule has 0 aromatic carbocycles. The highest BCUT2D eigenvalue weighted by atomic mass is 16.6. The van der Waals surface area contributed by atoms with Crippen molar-refractivity contribution in [2.45, 2.75) is 219 Å². The number of allylic oxidation sites excluding steroid dienone is 12. The Hall–Kier alpha value is -2.66. The Morgan fingerprint density at radius 2 is 0.804 bits per heavy atom. The predicted molar refractivity (Wildman–Crippen MR) is 242 cm³/mol. The highest BCUT2D eigenvalue weighted by molar-refractivity contribution is 5.70. The Kier molecular flexibility index (Phi) is 44.5. The van der Waals surface area contributed by atoms with Gasteiger partial charge in [0.25, 0.3) is 0 Å². The molecule has 0 aliphatic heterocycles. The number of unbranched alkanes of at least 4 members (excludes halogenated alkanes) is 19. The normalized spacial score (nSPS) is 12.8. The second-order valence-electron chi connectivity index (χ2n) is 15.3. The molecule has 0 aromatic heterocycles. The molecule has 0 saturated heterocycles. The van der Waals surface area contributed by atoms with Crippen molar-refractivity contribution in [3.63, 3.8) is 0 Å². The van der Waals surface area contributed by atoms with Gasteiger partial charge in [0.15, 0.2) is 6.10 Å². The molecule has 0 radical (unpaired) electrons. The Morgan fingerprint density at radius 3 is 1.30 bits per heavy atom.